The molecule has 0 aliphatic rings. The minimum Gasteiger partial charge on any atom is -0.309 e. The fourth-order valence-corrected chi connectivity index (χ4v) is 2.34. The van der Waals surface area contributed by atoms with Crippen molar-refractivity contribution in [1.82, 2.24) is 9.55 Å². The Bertz CT molecular complexity index is 607. The highest BCUT2D eigenvalue weighted by atomic mass is 31.2. The van der Waals surface area contributed by atoms with E-state index in [2.05, 4.69) is 11.6 Å². The summed E-state index contributed by atoms with van der Waals surface area (Å²) in [6, 6.07) is 0. The van der Waals surface area contributed by atoms with Gasteiger partial charge in [0.2, 0.25) is 0 Å². The third kappa shape index (κ3) is 2.87. The lowest BCUT2D eigenvalue weighted by Crippen LogP contribution is -2.31. The number of nitrogens with zero attached hydrogens (tertiary/aromatic N) is 1. The van der Waals surface area contributed by atoms with Crippen molar-refractivity contribution in [2.75, 3.05) is 14.2 Å². The van der Waals surface area contributed by atoms with Crippen LogP contribution in [-0.2, 0) is 20.2 Å². The van der Waals surface area contributed by atoms with E-state index in [1.807, 2.05) is 0 Å². The molecule has 0 aliphatic carbocycles. The van der Waals surface area contributed by atoms with Gasteiger partial charge in [0.05, 0.1) is 11.9 Å². The summed E-state index contributed by atoms with van der Waals surface area (Å²) in [5, 5.41) is 0.126. The monoisotopic (exact) mass is 274 g/mol. The van der Waals surface area contributed by atoms with Crippen molar-refractivity contribution in [1.29, 1.82) is 0 Å². The van der Waals surface area contributed by atoms with Crippen LogP contribution in [0.15, 0.2) is 27.7 Å². The summed E-state index contributed by atoms with van der Waals surface area (Å²) < 4.78 is 22.7. The molecule has 0 spiro atoms. The zero-order valence-electron chi connectivity index (χ0n) is 10.4. The Kier molecular flexibility index (Phi) is 4.45. The summed E-state index contributed by atoms with van der Waals surface area (Å²) in [6.07, 6.45) is 1.36. The summed E-state index contributed by atoms with van der Waals surface area (Å²) in [5.41, 5.74) is -0.693. The van der Waals surface area contributed by atoms with Crippen LogP contribution in [-0.4, -0.2) is 23.8 Å². The van der Waals surface area contributed by atoms with Crippen LogP contribution in [0.4, 0.5) is 0 Å². The second kappa shape index (κ2) is 5.48. The fraction of sp³-hybridized carbons (Fsp3) is 0.400. The van der Waals surface area contributed by atoms with Crippen molar-refractivity contribution in [2.24, 2.45) is 0 Å². The van der Waals surface area contributed by atoms with E-state index < -0.39 is 18.8 Å². The molecule has 0 radical (unpaired) electrons. The molecule has 0 amide bonds. The number of hydrogen-bond acceptors (Lipinski definition) is 5. The minimum atomic E-state index is -3.43. The van der Waals surface area contributed by atoms with Crippen molar-refractivity contribution < 1.29 is 13.6 Å². The van der Waals surface area contributed by atoms with Crippen molar-refractivity contribution in [3.63, 3.8) is 0 Å². The Morgan fingerprint density at radius 2 is 2.00 bits per heavy atom. The maximum Gasteiger partial charge on any atom is 0.358 e. The van der Waals surface area contributed by atoms with Crippen LogP contribution in [0.5, 0.6) is 0 Å². The number of aromatic amines is 1. The largest absolute Gasteiger partial charge is 0.358 e. The quantitative estimate of drug-likeness (QED) is 0.804. The molecule has 1 N–H and O–H groups in total. The van der Waals surface area contributed by atoms with Gasteiger partial charge in [-0.3, -0.25) is 18.9 Å². The molecule has 0 aliphatic heterocycles. The molecule has 100 valence electrons. The maximum absolute atomic E-state index is 12.0. The van der Waals surface area contributed by atoms with Crippen molar-refractivity contribution in [2.45, 2.75) is 13.5 Å². The van der Waals surface area contributed by atoms with E-state index in [4.69, 9.17) is 9.05 Å². The second-order valence-electron chi connectivity index (χ2n) is 3.63. The first-order valence-corrected chi connectivity index (χ1v) is 6.58. The van der Waals surface area contributed by atoms with Gasteiger partial charge in [-0.15, -0.1) is 0 Å². The summed E-state index contributed by atoms with van der Waals surface area (Å²) in [4.78, 5) is 24.9. The van der Waals surface area contributed by atoms with Crippen LogP contribution < -0.4 is 11.2 Å². The highest BCUT2D eigenvalue weighted by Crippen LogP contribution is 2.54. The van der Waals surface area contributed by atoms with Gasteiger partial charge in [0.15, 0.2) is 0 Å². The van der Waals surface area contributed by atoms with Crippen LogP contribution in [0.2, 0.25) is 0 Å². The number of allylic oxidation sites excluding steroid dienone is 1. The number of H-pyrrole nitrogens is 1. The van der Waals surface area contributed by atoms with Gasteiger partial charge in [-0.25, -0.2) is 4.79 Å². The van der Waals surface area contributed by atoms with E-state index >= 15 is 0 Å². The predicted octanol–water partition coefficient (Wildman–Crippen LogP) is 0.845. The summed E-state index contributed by atoms with van der Waals surface area (Å²) in [6.45, 7) is 5.09. The lowest BCUT2D eigenvalue weighted by atomic mass is 10.4. The average molecular weight is 274 g/mol. The van der Waals surface area contributed by atoms with Crippen LogP contribution in [0.25, 0.3) is 0 Å². The van der Waals surface area contributed by atoms with Crippen LogP contribution in [0.1, 0.15) is 5.56 Å². The molecular formula is C10H15N2O5P. The van der Waals surface area contributed by atoms with Crippen molar-refractivity contribution in [3.8, 4) is 0 Å². The summed E-state index contributed by atoms with van der Waals surface area (Å²) in [7, 11) is -0.966. The fourth-order valence-electron chi connectivity index (χ4n) is 1.35. The summed E-state index contributed by atoms with van der Waals surface area (Å²) in [5.74, 6) is 0. The molecule has 1 aromatic rings. The maximum atomic E-state index is 12.0. The Labute approximate surface area is 104 Å². The molecule has 1 aromatic heterocycles. The second-order valence-corrected chi connectivity index (χ2v) is 5.99. The molecule has 0 aromatic carbocycles. The highest BCUT2D eigenvalue weighted by molar-refractivity contribution is 7.58. The zero-order chi connectivity index (χ0) is 13.9. The van der Waals surface area contributed by atoms with E-state index in [9.17, 15) is 14.2 Å². The van der Waals surface area contributed by atoms with Gasteiger partial charge in [-0.05, 0) is 6.92 Å². The standard InChI is InChI=1S/C10H15N2O5P/c1-7-5-12(10(14)11-9(7)13)6-8(2)18(15,16-3)17-4/h5H,2,6H2,1,3-4H3,(H,11,13,14). The SMILES string of the molecule is C=C(Cn1cc(C)c(=O)[nH]c1=O)P(=O)(OC)OC. The number of hydrogen-bond donors (Lipinski definition) is 1. The predicted molar refractivity (Wildman–Crippen MR) is 66.8 cm³/mol. The van der Waals surface area contributed by atoms with Crippen LogP contribution >= 0.6 is 7.60 Å². The lowest BCUT2D eigenvalue weighted by molar-refractivity contribution is 0.281. The smallest absolute Gasteiger partial charge is 0.309 e. The Morgan fingerprint density at radius 1 is 1.44 bits per heavy atom. The van der Waals surface area contributed by atoms with Crippen LogP contribution in [0, 0.1) is 6.92 Å². The molecule has 8 heteroatoms. The average Bonchev–Trinajstić information content (AvgIpc) is 2.34. The topological polar surface area (TPSA) is 90.4 Å². The van der Waals surface area contributed by atoms with Gasteiger partial charge in [-0.2, -0.15) is 0 Å². The molecule has 0 saturated carbocycles. The van der Waals surface area contributed by atoms with Gasteiger partial charge < -0.3 is 9.05 Å². The normalized spacial score (nSPS) is 11.5. The van der Waals surface area contributed by atoms with Crippen LogP contribution in [0.3, 0.4) is 0 Å². The molecule has 0 atom stereocenters. The van der Waals surface area contributed by atoms with Gasteiger partial charge in [0, 0.05) is 26.0 Å². The van der Waals surface area contributed by atoms with E-state index in [1.165, 1.54) is 25.0 Å². The molecule has 0 saturated heterocycles. The van der Waals surface area contributed by atoms with Crippen molar-refractivity contribution >= 4 is 7.60 Å². The molecule has 1 heterocycles. The minimum absolute atomic E-state index is 0.0601. The highest BCUT2D eigenvalue weighted by Gasteiger charge is 2.26. The third-order valence-corrected chi connectivity index (χ3v) is 4.29. The molecule has 0 fully saturated rings. The molecule has 0 unspecified atom stereocenters. The zero-order valence-corrected chi connectivity index (χ0v) is 11.3. The first-order chi connectivity index (χ1) is 8.34. The number of aryl methyl sites for hydroxylation is 1. The first kappa shape index (κ1) is 14.6. The van der Waals surface area contributed by atoms with E-state index in [0.717, 1.165) is 0 Å². The first-order valence-electron chi connectivity index (χ1n) is 5.04. The lowest BCUT2D eigenvalue weighted by Gasteiger charge is -2.16. The molecule has 7 nitrogen and oxygen atoms in total. The van der Waals surface area contributed by atoms with E-state index in [0.29, 0.717) is 5.56 Å². The summed E-state index contributed by atoms with van der Waals surface area (Å²) >= 11 is 0. The Balaban J connectivity index is 3.10. The molecular weight excluding hydrogens is 259 g/mol. The third-order valence-electron chi connectivity index (χ3n) is 2.41. The Morgan fingerprint density at radius 3 is 2.50 bits per heavy atom. The molecule has 0 bridgehead atoms. The van der Waals surface area contributed by atoms with Gasteiger partial charge in [0.1, 0.15) is 0 Å². The van der Waals surface area contributed by atoms with E-state index in [1.54, 1.807) is 6.92 Å². The Hall–Kier alpha value is -1.43. The molecule has 1 rings (SSSR count). The van der Waals surface area contributed by atoms with Gasteiger partial charge >= 0.3 is 13.3 Å². The van der Waals surface area contributed by atoms with Gasteiger partial charge in [-0.1, -0.05) is 6.58 Å². The molecule has 18 heavy (non-hydrogen) atoms. The number of aromatic nitrogens is 2. The van der Waals surface area contributed by atoms with E-state index in [-0.39, 0.29) is 11.9 Å². The number of nitrogens with one attached hydrogen (secondary N) is 1. The number of rotatable bonds is 5. The van der Waals surface area contributed by atoms with Gasteiger partial charge in [0.25, 0.3) is 5.56 Å². The van der Waals surface area contributed by atoms with Crippen molar-refractivity contribution in [3.05, 3.63) is 44.5 Å².